The van der Waals surface area contributed by atoms with E-state index in [-0.39, 0.29) is 5.91 Å². The summed E-state index contributed by atoms with van der Waals surface area (Å²) in [6.07, 6.45) is 5.16. The molecular weight excluding hydrogens is 338 g/mol. The van der Waals surface area contributed by atoms with E-state index in [4.69, 9.17) is 9.47 Å². The number of nitrogens with zero attached hydrogens (tertiary/aromatic N) is 2. The number of anilines is 1. The van der Waals surface area contributed by atoms with Crippen LogP contribution in [0.15, 0.2) is 24.3 Å². The van der Waals surface area contributed by atoms with Crippen LogP contribution >= 0.6 is 11.3 Å². The average Bonchev–Trinajstić information content (AvgIpc) is 3.09. The van der Waals surface area contributed by atoms with Crippen LogP contribution in [0.2, 0.25) is 0 Å². The van der Waals surface area contributed by atoms with Crippen LogP contribution in [0.1, 0.15) is 43.2 Å². The number of ether oxygens (including phenoxy) is 2. The summed E-state index contributed by atoms with van der Waals surface area (Å²) < 4.78 is 10.5. The summed E-state index contributed by atoms with van der Waals surface area (Å²) in [4.78, 5) is 12.1. The first-order valence-corrected chi connectivity index (χ1v) is 8.97. The van der Waals surface area contributed by atoms with Gasteiger partial charge in [0.25, 0.3) is 0 Å². The first-order chi connectivity index (χ1) is 12.1. The fourth-order valence-electron chi connectivity index (χ4n) is 2.36. The zero-order chi connectivity index (χ0) is 18.2. The molecule has 0 spiro atoms. The molecule has 2 rings (SSSR count). The van der Waals surface area contributed by atoms with E-state index >= 15 is 0 Å². The maximum absolute atomic E-state index is 12.1. The lowest BCUT2D eigenvalue weighted by atomic mass is 10.1. The molecule has 0 radical (unpaired) electrons. The standard InChI is InChI=1S/C18H23N3O3S/c1-5-12(6-2)17-20-21-18(25-17)19-16(22)10-8-13-7-9-14(23-3)11-15(13)24-4/h7-12H,5-6H2,1-4H3,(H,19,21,22)/b10-8+. The highest BCUT2D eigenvalue weighted by Gasteiger charge is 2.14. The number of nitrogens with one attached hydrogen (secondary N) is 1. The van der Waals surface area contributed by atoms with Crippen molar-refractivity contribution in [2.45, 2.75) is 32.6 Å². The van der Waals surface area contributed by atoms with E-state index in [9.17, 15) is 4.79 Å². The van der Waals surface area contributed by atoms with Gasteiger partial charge in [0.2, 0.25) is 11.0 Å². The van der Waals surface area contributed by atoms with Gasteiger partial charge in [-0.05, 0) is 31.1 Å². The Morgan fingerprint density at radius 1 is 1.24 bits per heavy atom. The lowest BCUT2D eigenvalue weighted by Gasteiger charge is -2.07. The van der Waals surface area contributed by atoms with Gasteiger partial charge in [-0.3, -0.25) is 10.1 Å². The maximum Gasteiger partial charge on any atom is 0.250 e. The summed E-state index contributed by atoms with van der Waals surface area (Å²) in [7, 11) is 3.17. The van der Waals surface area contributed by atoms with Crippen LogP contribution in [-0.2, 0) is 4.79 Å². The Morgan fingerprint density at radius 3 is 2.64 bits per heavy atom. The van der Waals surface area contributed by atoms with Crippen molar-refractivity contribution in [3.05, 3.63) is 34.8 Å². The Hall–Kier alpha value is -2.41. The number of carbonyl (C=O) groups excluding carboxylic acids is 1. The van der Waals surface area contributed by atoms with Crippen molar-refractivity contribution in [2.24, 2.45) is 0 Å². The zero-order valence-electron chi connectivity index (χ0n) is 14.9. The molecule has 0 saturated heterocycles. The summed E-state index contributed by atoms with van der Waals surface area (Å²) in [5.74, 6) is 1.46. The van der Waals surface area contributed by atoms with Crippen LogP contribution in [-0.4, -0.2) is 30.3 Å². The number of aromatic nitrogens is 2. The molecule has 0 fully saturated rings. The highest BCUT2D eigenvalue weighted by atomic mass is 32.1. The molecular formula is C18H23N3O3S. The minimum absolute atomic E-state index is 0.259. The van der Waals surface area contributed by atoms with E-state index in [0.717, 1.165) is 23.4 Å². The fraction of sp³-hybridized carbons (Fsp3) is 0.389. The van der Waals surface area contributed by atoms with Gasteiger partial charge in [-0.1, -0.05) is 25.2 Å². The molecule has 0 aliphatic rings. The molecule has 1 heterocycles. The van der Waals surface area contributed by atoms with E-state index in [1.54, 1.807) is 26.4 Å². The first-order valence-electron chi connectivity index (χ1n) is 8.15. The van der Waals surface area contributed by atoms with E-state index in [2.05, 4.69) is 29.4 Å². The van der Waals surface area contributed by atoms with Crippen molar-refractivity contribution in [1.29, 1.82) is 0 Å². The van der Waals surface area contributed by atoms with Crippen LogP contribution in [0.3, 0.4) is 0 Å². The number of carbonyl (C=O) groups is 1. The van der Waals surface area contributed by atoms with Gasteiger partial charge in [-0.25, -0.2) is 0 Å². The molecule has 7 heteroatoms. The molecule has 1 aromatic heterocycles. The van der Waals surface area contributed by atoms with Crippen molar-refractivity contribution in [1.82, 2.24) is 10.2 Å². The highest BCUT2D eigenvalue weighted by molar-refractivity contribution is 7.15. The third-order valence-corrected chi connectivity index (χ3v) is 4.86. The zero-order valence-corrected chi connectivity index (χ0v) is 15.7. The Morgan fingerprint density at radius 2 is 2.00 bits per heavy atom. The molecule has 1 amide bonds. The number of rotatable bonds is 8. The molecule has 1 N–H and O–H groups in total. The second-order valence-electron chi connectivity index (χ2n) is 5.39. The number of benzene rings is 1. The van der Waals surface area contributed by atoms with E-state index in [1.807, 2.05) is 12.1 Å². The van der Waals surface area contributed by atoms with Gasteiger partial charge < -0.3 is 9.47 Å². The van der Waals surface area contributed by atoms with Crippen LogP contribution in [0.25, 0.3) is 6.08 Å². The average molecular weight is 361 g/mol. The predicted octanol–water partition coefficient (Wildman–Crippen LogP) is 4.11. The second kappa shape index (κ2) is 9.17. The number of amides is 1. The van der Waals surface area contributed by atoms with Crippen molar-refractivity contribution < 1.29 is 14.3 Å². The van der Waals surface area contributed by atoms with Gasteiger partial charge in [0.15, 0.2) is 0 Å². The number of hydrogen-bond acceptors (Lipinski definition) is 6. The number of methoxy groups -OCH3 is 2. The molecule has 0 aliphatic carbocycles. The van der Waals surface area contributed by atoms with Crippen molar-refractivity contribution >= 4 is 28.5 Å². The van der Waals surface area contributed by atoms with Gasteiger partial charge in [0.1, 0.15) is 16.5 Å². The fourth-order valence-corrected chi connectivity index (χ4v) is 3.37. The van der Waals surface area contributed by atoms with Crippen molar-refractivity contribution in [2.75, 3.05) is 19.5 Å². The first kappa shape index (κ1) is 18.9. The normalized spacial score (nSPS) is 11.1. The summed E-state index contributed by atoms with van der Waals surface area (Å²) in [5.41, 5.74) is 0.786. The van der Waals surface area contributed by atoms with Crippen LogP contribution in [0.4, 0.5) is 5.13 Å². The molecule has 0 aliphatic heterocycles. The summed E-state index contributed by atoms with van der Waals surface area (Å²) in [6.45, 7) is 4.25. The summed E-state index contributed by atoms with van der Waals surface area (Å²) in [5, 5.41) is 12.4. The third kappa shape index (κ3) is 5.03. The van der Waals surface area contributed by atoms with Crippen LogP contribution < -0.4 is 14.8 Å². The van der Waals surface area contributed by atoms with Crippen LogP contribution in [0.5, 0.6) is 11.5 Å². The van der Waals surface area contributed by atoms with Crippen LogP contribution in [0, 0.1) is 0 Å². The predicted molar refractivity (Wildman–Crippen MR) is 100 cm³/mol. The molecule has 0 atom stereocenters. The minimum atomic E-state index is -0.259. The van der Waals surface area contributed by atoms with Gasteiger partial charge in [-0.2, -0.15) is 0 Å². The largest absolute Gasteiger partial charge is 0.497 e. The lowest BCUT2D eigenvalue weighted by Crippen LogP contribution is -2.07. The SMILES string of the molecule is CCC(CC)c1nnc(NC(=O)/C=C/c2ccc(OC)cc2OC)s1. The lowest BCUT2D eigenvalue weighted by molar-refractivity contribution is -0.111. The summed E-state index contributed by atoms with van der Waals surface area (Å²) >= 11 is 1.42. The van der Waals surface area contributed by atoms with Gasteiger partial charge in [-0.15, -0.1) is 10.2 Å². The molecule has 6 nitrogen and oxygen atoms in total. The third-order valence-electron chi connectivity index (χ3n) is 3.86. The van der Waals surface area contributed by atoms with E-state index in [0.29, 0.717) is 22.5 Å². The van der Waals surface area contributed by atoms with E-state index < -0.39 is 0 Å². The molecule has 25 heavy (non-hydrogen) atoms. The van der Waals surface area contributed by atoms with Gasteiger partial charge in [0.05, 0.1) is 14.2 Å². The van der Waals surface area contributed by atoms with E-state index in [1.165, 1.54) is 17.4 Å². The van der Waals surface area contributed by atoms with Gasteiger partial charge in [0, 0.05) is 23.6 Å². The monoisotopic (exact) mass is 361 g/mol. The van der Waals surface area contributed by atoms with Gasteiger partial charge >= 0.3 is 0 Å². The molecule has 1 aromatic carbocycles. The maximum atomic E-state index is 12.1. The smallest absolute Gasteiger partial charge is 0.250 e. The van der Waals surface area contributed by atoms with Crippen molar-refractivity contribution in [3.63, 3.8) is 0 Å². The minimum Gasteiger partial charge on any atom is -0.497 e. The molecule has 134 valence electrons. The molecule has 0 bridgehead atoms. The quantitative estimate of drug-likeness (QED) is 0.716. The highest BCUT2D eigenvalue weighted by Crippen LogP contribution is 2.28. The Labute approximate surface area is 151 Å². The number of hydrogen-bond donors (Lipinski definition) is 1. The summed E-state index contributed by atoms with van der Waals surface area (Å²) in [6, 6.07) is 5.41. The Bertz CT molecular complexity index is 739. The topological polar surface area (TPSA) is 73.3 Å². The molecule has 2 aromatic rings. The molecule has 0 saturated carbocycles. The Balaban J connectivity index is 2.04. The molecule has 0 unspecified atom stereocenters. The van der Waals surface area contributed by atoms with Crippen molar-refractivity contribution in [3.8, 4) is 11.5 Å². The second-order valence-corrected chi connectivity index (χ2v) is 6.40. The Kier molecular flexibility index (Phi) is 6.94.